The number of rotatable bonds is 6. The first kappa shape index (κ1) is 15.3. The molecule has 0 radical (unpaired) electrons. The van der Waals surface area contributed by atoms with Crippen LogP contribution in [0.3, 0.4) is 0 Å². The summed E-state index contributed by atoms with van der Waals surface area (Å²) in [4.78, 5) is 11.8. The number of anilines is 1. The van der Waals surface area contributed by atoms with Gasteiger partial charge in [0.1, 0.15) is 11.8 Å². The average Bonchev–Trinajstić information content (AvgIpc) is 3.04. The third-order valence-corrected chi connectivity index (χ3v) is 3.59. The van der Waals surface area contributed by atoms with Gasteiger partial charge < -0.3 is 19.8 Å². The van der Waals surface area contributed by atoms with Crippen LogP contribution in [0.2, 0.25) is 0 Å². The molecule has 122 valence electrons. The van der Waals surface area contributed by atoms with Crippen LogP contribution in [0.25, 0.3) is 11.5 Å². The Morgan fingerprint density at radius 1 is 1.39 bits per heavy atom. The maximum atomic E-state index is 11.8. The highest BCUT2D eigenvalue weighted by atomic mass is 16.5. The summed E-state index contributed by atoms with van der Waals surface area (Å²) in [5.74, 6) is 1.04. The quantitative estimate of drug-likeness (QED) is 0.849. The number of hydrogen-bond donors (Lipinski definition) is 2. The van der Waals surface area contributed by atoms with E-state index in [1.165, 1.54) is 0 Å². The molecule has 1 fully saturated rings. The zero-order chi connectivity index (χ0) is 16.1. The molecule has 7 heteroatoms. The highest BCUT2D eigenvalue weighted by molar-refractivity contribution is 5.84. The minimum atomic E-state index is -0.330. The number of ether oxygens (including phenoxy) is 1. The van der Waals surface area contributed by atoms with Gasteiger partial charge in [0.05, 0.1) is 12.2 Å². The lowest BCUT2D eigenvalue weighted by atomic mass is 10.1. The van der Waals surface area contributed by atoms with Crippen molar-refractivity contribution in [3.63, 3.8) is 0 Å². The Morgan fingerprint density at radius 3 is 3.09 bits per heavy atom. The van der Waals surface area contributed by atoms with Gasteiger partial charge in [-0.1, -0.05) is 24.2 Å². The number of hydrogen-bond acceptors (Lipinski definition) is 6. The fourth-order valence-corrected chi connectivity index (χ4v) is 2.43. The second-order valence-electron chi connectivity index (χ2n) is 5.39. The smallest absolute Gasteiger partial charge is 0.316 e. The molecule has 23 heavy (non-hydrogen) atoms. The van der Waals surface area contributed by atoms with Gasteiger partial charge in [-0.25, -0.2) is 0 Å². The number of carbonyl (C=O) groups excluding carboxylic acids is 1. The molecule has 1 aliphatic rings. The van der Waals surface area contributed by atoms with Crippen LogP contribution in [-0.4, -0.2) is 35.3 Å². The summed E-state index contributed by atoms with van der Waals surface area (Å²) >= 11 is 0. The van der Waals surface area contributed by atoms with Crippen LogP contribution in [0, 0.1) is 0 Å². The second-order valence-corrected chi connectivity index (χ2v) is 5.39. The van der Waals surface area contributed by atoms with E-state index in [0.717, 1.165) is 24.8 Å². The Bertz CT molecular complexity index is 671. The first-order valence-corrected chi connectivity index (χ1v) is 7.88. The average molecular weight is 316 g/mol. The Kier molecular flexibility index (Phi) is 4.75. The van der Waals surface area contributed by atoms with E-state index in [-0.39, 0.29) is 18.0 Å². The van der Waals surface area contributed by atoms with E-state index in [9.17, 15) is 4.79 Å². The molecule has 1 unspecified atom stereocenters. The number of carbonyl (C=O) groups is 1. The summed E-state index contributed by atoms with van der Waals surface area (Å²) in [5, 5.41) is 13.8. The monoisotopic (exact) mass is 316 g/mol. The van der Waals surface area contributed by atoms with E-state index in [1.807, 2.05) is 31.2 Å². The highest BCUT2D eigenvalue weighted by Crippen LogP contribution is 2.30. The molecular weight excluding hydrogens is 296 g/mol. The normalized spacial score (nSPS) is 17.6. The summed E-state index contributed by atoms with van der Waals surface area (Å²) in [6.45, 7) is 3.39. The number of piperidine rings is 1. The maximum absolute atomic E-state index is 11.8. The lowest BCUT2D eigenvalue weighted by molar-refractivity contribution is -0.123. The molecule has 1 amide bonds. The zero-order valence-electron chi connectivity index (χ0n) is 13.0. The first-order chi connectivity index (χ1) is 11.3. The van der Waals surface area contributed by atoms with E-state index in [2.05, 4.69) is 20.8 Å². The SMILES string of the molecule is CCCOc1ccccc1-c1nnc(NC2CCCNC2=O)o1. The molecule has 0 bridgehead atoms. The Hall–Kier alpha value is -2.57. The van der Waals surface area contributed by atoms with Crippen molar-refractivity contribution in [3.8, 4) is 17.2 Å². The molecule has 3 rings (SSSR count). The molecule has 0 saturated carbocycles. The number of amides is 1. The van der Waals surface area contributed by atoms with Gasteiger partial charge in [-0.2, -0.15) is 0 Å². The molecular formula is C16H20N4O3. The van der Waals surface area contributed by atoms with Crippen LogP contribution >= 0.6 is 0 Å². The topological polar surface area (TPSA) is 89.3 Å². The molecule has 1 aromatic carbocycles. The summed E-state index contributed by atoms with van der Waals surface area (Å²) in [5.41, 5.74) is 0.745. The van der Waals surface area contributed by atoms with Crippen molar-refractivity contribution in [2.45, 2.75) is 32.2 Å². The van der Waals surface area contributed by atoms with Crippen LogP contribution < -0.4 is 15.4 Å². The number of aromatic nitrogens is 2. The van der Waals surface area contributed by atoms with Crippen molar-refractivity contribution in [2.75, 3.05) is 18.5 Å². The predicted molar refractivity (Wildman–Crippen MR) is 85.2 cm³/mol. The largest absolute Gasteiger partial charge is 0.493 e. The van der Waals surface area contributed by atoms with Crippen LogP contribution in [0.5, 0.6) is 5.75 Å². The first-order valence-electron chi connectivity index (χ1n) is 7.88. The molecule has 0 aliphatic carbocycles. The fourth-order valence-electron chi connectivity index (χ4n) is 2.43. The van der Waals surface area contributed by atoms with Gasteiger partial charge in [0.2, 0.25) is 5.91 Å². The van der Waals surface area contributed by atoms with E-state index < -0.39 is 0 Å². The summed E-state index contributed by atoms with van der Waals surface area (Å²) in [7, 11) is 0. The molecule has 2 N–H and O–H groups in total. The molecule has 1 aliphatic heterocycles. The third-order valence-electron chi connectivity index (χ3n) is 3.59. The van der Waals surface area contributed by atoms with Gasteiger partial charge in [-0.15, -0.1) is 5.10 Å². The van der Waals surface area contributed by atoms with Crippen molar-refractivity contribution >= 4 is 11.9 Å². The Morgan fingerprint density at radius 2 is 2.26 bits per heavy atom. The minimum absolute atomic E-state index is 0.0392. The maximum Gasteiger partial charge on any atom is 0.316 e. The van der Waals surface area contributed by atoms with Crippen molar-refractivity contribution in [2.24, 2.45) is 0 Å². The minimum Gasteiger partial charge on any atom is -0.493 e. The molecule has 1 saturated heterocycles. The zero-order valence-corrected chi connectivity index (χ0v) is 13.0. The summed E-state index contributed by atoms with van der Waals surface area (Å²) < 4.78 is 11.4. The van der Waals surface area contributed by atoms with E-state index in [1.54, 1.807) is 0 Å². The number of nitrogens with zero attached hydrogens (tertiary/aromatic N) is 2. The van der Waals surface area contributed by atoms with Crippen LogP contribution in [-0.2, 0) is 4.79 Å². The van der Waals surface area contributed by atoms with E-state index >= 15 is 0 Å². The van der Waals surface area contributed by atoms with Gasteiger partial charge in [0.15, 0.2) is 0 Å². The second kappa shape index (κ2) is 7.13. The molecule has 7 nitrogen and oxygen atoms in total. The van der Waals surface area contributed by atoms with Crippen LogP contribution in [0.1, 0.15) is 26.2 Å². The van der Waals surface area contributed by atoms with Crippen molar-refractivity contribution in [1.82, 2.24) is 15.5 Å². The van der Waals surface area contributed by atoms with Gasteiger partial charge in [0.25, 0.3) is 5.89 Å². The molecule has 0 spiro atoms. The van der Waals surface area contributed by atoms with Crippen molar-refractivity contribution in [1.29, 1.82) is 0 Å². The number of nitrogens with one attached hydrogen (secondary N) is 2. The third kappa shape index (κ3) is 3.61. The number of para-hydroxylation sites is 1. The summed E-state index contributed by atoms with van der Waals surface area (Å²) in [6.07, 6.45) is 2.60. The van der Waals surface area contributed by atoms with E-state index in [0.29, 0.717) is 24.8 Å². The number of benzene rings is 1. The van der Waals surface area contributed by atoms with Gasteiger partial charge in [-0.3, -0.25) is 4.79 Å². The van der Waals surface area contributed by atoms with E-state index in [4.69, 9.17) is 9.15 Å². The Balaban J connectivity index is 1.75. The molecule has 2 heterocycles. The van der Waals surface area contributed by atoms with Crippen LogP contribution in [0.15, 0.2) is 28.7 Å². The standard InChI is InChI=1S/C16H20N4O3/c1-2-10-22-13-8-4-3-6-11(13)15-19-20-16(23-15)18-12-7-5-9-17-14(12)21/h3-4,6,8,12H,2,5,7,9-10H2,1H3,(H,17,21)(H,18,20). The van der Waals surface area contributed by atoms with Gasteiger partial charge in [-0.05, 0) is 31.4 Å². The van der Waals surface area contributed by atoms with Crippen LogP contribution in [0.4, 0.5) is 6.01 Å². The Labute approximate surface area is 134 Å². The predicted octanol–water partition coefficient (Wildman–Crippen LogP) is 2.22. The van der Waals surface area contributed by atoms with Crippen molar-refractivity contribution in [3.05, 3.63) is 24.3 Å². The molecule has 1 atom stereocenters. The molecule has 2 aromatic rings. The fraction of sp³-hybridized carbons (Fsp3) is 0.438. The van der Waals surface area contributed by atoms with Gasteiger partial charge in [0, 0.05) is 6.54 Å². The lowest BCUT2D eigenvalue weighted by Gasteiger charge is -2.21. The highest BCUT2D eigenvalue weighted by Gasteiger charge is 2.24. The summed E-state index contributed by atoms with van der Waals surface area (Å²) in [6, 6.07) is 7.44. The van der Waals surface area contributed by atoms with Gasteiger partial charge >= 0.3 is 6.01 Å². The lowest BCUT2D eigenvalue weighted by Crippen LogP contribution is -2.44. The molecule has 1 aromatic heterocycles. The van der Waals surface area contributed by atoms with Crippen molar-refractivity contribution < 1.29 is 13.9 Å².